The van der Waals surface area contributed by atoms with Gasteiger partial charge in [0.2, 0.25) is 0 Å². The maximum Gasteiger partial charge on any atom is 0.255 e. The molecule has 0 aromatic heterocycles. The minimum Gasteiger partial charge on any atom is -0.389 e. The molecule has 0 heterocycles. The number of aryl methyl sites for hydroxylation is 1. The summed E-state index contributed by atoms with van der Waals surface area (Å²) < 4.78 is 26.0. The molecule has 2 aromatic carbocycles. The number of anilines is 1. The van der Waals surface area contributed by atoms with Crippen molar-refractivity contribution < 1.29 is 13.6 Å². The third-order valence-corrected chi connectivity index (χ3v) is 3.19. The predicted octanol–water partition coefficient (Wildman–Crippen LogP) is 3.16. The number of amides is 1. The lowest BCUT2D eigenvalue weighted by Gasteiger charge is -2.10. The Balaban J connectivity index is 2.28. The van der Waals surface area contributed by atoms with Gasteiger partial charge >= 0.3 is 0 Å². The molecule has 0 aliphatic rings. The highest BCUT2D eigenvalue weighted by molar-refractivity contribution is 7.80. The molecule has 0 aliphatic carbocycles. The summed E-state index contributed by atoms with van der Waals surface area (Å²) in [7, 11) is 0. The topological polar surface area (TPSA) is 55.1 Å². The molecule has 0 unspecified atom stereocenters. The van der Waals surface area contributed by atoms with Gasteiger partial charge in [-0.3, -0.25) is 4.79 Å². The van der Waals surface area contributed by atoms with Gasteiger partial charge in [-0.25, -0.2) is 8.78 Å². The SMILES string of the molecule is Cc1ccc(C(N)=S)cc1NC(=O)c1ccc(F)c(F)c1. The van der Waals surface area contributed by atoms with E-state index in [2.05, 4.69) is 5.32 Å². The second kappa shape index (κ2) is 5.97. The van der Waals surface area contributed by atoms with E-state index in [1.54, 1.807) is 25.1 Å². The summed E-state index contributed by atoms with van der Waals surface area (Å²) in [6, 6.07) is 8.09. The molecule has 3 nitrogen and oxygen atoms in total. The molecular weight excluding hydrogens is 294 g/mol. The normalized spacial score (nSPS) is 10.2. The molecule has 2 aromatic rings. The van der Waals surface area contributed by atoms with Crippen LogP contribution in [0.5, 0.6) is 0 Å². The van der Waals surface area contributed by atoms with Gasteiger partial charge in [0.15, 0.2) is 11.6 Å². The summed E-state index contributed by atoms with van der Waals surface area (Å²) in [5.74, 6) is -2.62. The van der Waals surface area contributed by atoms with Gasteiger partial charge < -0.3 is 11.1 Å². The molecule has 0 bridgehead atoms. The molecule has 0 saturated carbocycles. The highest BCUT2D eigenvalue weighted by atomic mass is 32.1. The van der Waals surface area contributed by atoms with Crippen LogP contribution in [0.25, 0.3) is 0 Å². The maximum absolute atomic E-state index is 13.1. The predicted molar refractivity (Wildman–Crippen MR) is 81.4 cm³/mol. The molecule has 0 radical (unpaired) electrons. The van der Waals surface area contributed by atoms with E-state index in [1.807, 2.05) is 0 Å². The molecule has 0 atom stereocenters. The number of nitrogens with two attached hydrogens (primary N) is 1. The van der Waals surface area contributed by atoms with Crippen LogP contribution in [0.2, 0.25) is 0 Å². The molecule has 3 N–H and O–H groups in total. The lowest BCUT2D eigenvalue weighted by Crippen LogP contribution is -2.15. The monoisotopic (exact) mass is 306 g/mol. The van der Waals surface area contributed by atoms with Crippen LogP contribution in [-0.4, -0.2) is 10.9 Å². The van der Waals surface area contributed by atoms with E-state index in [1.165, 1.54) is 6.07 Å². The fourth-order valence-corrected chi connectivity index (χ4v) is 1.87. The third kappa shape index (κ3) is 3.41. The van der Waals surface area contributed by atoms with Gasteiger partial charge in [0.05, 0.1) is 0 Å². The van der Waals surface area contributed by atoms with Gasteiger partial charge in [-0.05, 0) is 36.8 Å². The molecule has 0 spiro atoms. The van der Waals surface area contributed by atoms with E-state index >= 15 is 0 Å². The number of carbonyl (C=O) groups excluding carboxylic acids is 1. The zero-order chi connectivity index (χ0) is 15.6. The number of thiocarbonyl (C=S) groups is 1. The number of carbonyl (C=O) groups is 1. The Labute approximate surface area is 125 Å². The minimum atomic E-state index is -1.07. The lowest BCUT2D eigenvalue weighted by molar-refractivity contribution is 0.102. The average Bonchev–Trinajstić information content (AvgIpc) is 2.43. The van der Waals surface area contributed by atoms with Crippen molar-refractivity contribution >= 4 is 28.8 Å². The van der Waals surface area contributed by atoms with Crippen LogP contribution in [0.4, 0.5) is 14.5 Å². The molecule has 0 aliphatic heterocycles. The van der Waals surface area contributed by atoms with Crippen LogP contribution < -0.4 is 11.1 Å². The van der Waals surface area contributed by atoms with Gasteiger partial charge in [-0.2, -0.15) is 0 Å². The maximum atomic E-state index is 13.1. The zero-order valence-electron chi connectivity index (χ0n) is 11.1. The van der Waals surface area contributed by atoms with E-state index in [4.69, 9.17) is 18.0 Å². The minimum absolute atomic E-state index is 0.0222. The molecule has 6 heteroatoms. The lowest BCUT2D eigenvalue weighted by atomic mass is 10.1. The molecule has 2 rings (SSSR count). The van der Waals surface area contributed by atoms with Crippen LogP contribution in [-0.2, 0) is 0 Å². The van der Waals surface area contributed by atoms with Crippen molar-refractivity contribution in [2.24, 2.45) is 5.73 Å². The number of rotatable bonds is 3. The molecule has 0 fully saturated rings. The van der Waals surface area contributed by atoms with Gasteiger partial charge in [0.25, 0.3) is 5.91 Å². The number of hydrogen-bond acceptors (Lipinski definition) is 2. The summed E-state index contributed by atoms with van der Waals surface area (Å²) >= 11 is 4.88. The van der Waals surface area contributed by atoms with Crippen molar-refractivity contribution in [1.29, 1.82) is 0 Å². The Kier molecular flexibility index (Phi) is 4.28. The quantitative estimate of drug-likeness (QED) is 0.857. The summed E-state index contributed by atoms with van der Waals surface area (Å²) in [6.45, 7) is 1.80. The first kappa shape index (κ1) is 15.1. The highest BCUT2D eigenvalue weighted by Crippen LogP contribution is 2.18. The van der Waals surface area contributed by atoms with Crippen LogP contribution in [0.3, 0.4) is 0 Å². The van der Waals surface area contributed by atoms with Crippen LogP contribution in [0.1, 0.15) is 21.5 Å². The van der Waals surface area contributed by atoms with Gasteiger partial charge in [0, 0.05) is 16.8 Å². The fraction of sp³-hybridized carbons (Fsp3) is 0.0667. The fourth-order valence-electron chi connectivity index (χ4n) is 1.74. The van der Waals surface area contributed by atoms with Crippen molar-refractivity contribution in [3.05, 3.63) is 64.7 Å². The van der Waals surface area contributed by atoms with Gasteiger partial charge in [-0.1, -0.05) is 24.4 Å². The van der Waals surface area contributed by atoms with Crippen molar-refractivity contribution in [2.75, 3.05) is 5.32 Å². The second-order valence-electron chi connectivity index (χ2n) is 4.48. The summed E-state index contributed by atoms with van der Waals surface area (Å²) in [5, 5.41) is 2.63. The first-order chi connectivity index (χ1) is 9.88. The zero-order valence-corrected chi connectivity index (χ0v) is 11.9. The Morgan fingerprint density at radius 2 is 1.76 bits per heavy atom. The standard InChI is InChI=1S/C15H12F2N2OS/c1-8-2-3-9(14(18)21)7-13(8)19-15(20)10-4-5-11(16)12(17)6-10/h2-7H,1H3,(H2,18,21)(H,19,20). The van der Waals surface area contributed by atoms with Crippen molar-refractivity contribution in [2.45, 2.75) is 6.92 Å². The van der Waals surface area contributed by atoms with Crippen molar-refractivity contribution in [3.63, 3.8) is 0 Å². The van der Waals surface area contributed by atoms with E-state index in [-0.39, 0.29) is 10.6 Å². The summed E-state index contributed by atoms with van der Waals surface area (Å²) in [5.41, 5.74) is 7.47. The smallest absolute Gasteiger partial charge is 0.255 e. The molecule has 21 heavy (non-hydrogen) atoms. The Hall–Kier alpha value is -2.34. The largest absolute Gasteiger partial charge is 0.389 e. The Bertz CT molecular complexity index is 732. The molecule has 1 amide bonds. The van der Waals surface area contributed by atoms with Crippen LogP contribution in [0.15, 0.2) is 36.4 Å². The van der Waals surface area contributed by atoms with Crippen LogP contribution >= 0.6 is 12.2 Å². The third-order valence-electron chi connectivity index (χ3n) is 2.95. The van der Waals surface area contributed by atoms with E-state index in [0.29, 0.717) is 11.3 Å². The first-order valence-electron chi connectivity index (χ1n) is 6.05. The van der Waals surface area contributed by atoms with E-state index in [0.717, 1.165) is 17.7 Å². The summed E-state index contributed by atoms with van der Waals surface area (Å²) in [4.78, 5) is 12.3. The Morgan fingerprint density at radius 1 is 1.10 bits per heavy atom. The molecule has 108 valence electrons. The van der Waals surface area contributed by atoms with E-state index < -0.39 is 17.5 Å². The Morgan fingerprint density at radius 3 is 2.38 bits per heavy atom. The summed E-state index contributed by atoms with van der Waals surface area (Å²) in [6.07, 6.45) is 0. The highest BCUT2D eigenvalue weighted by Gasteiger charge is 2.11. The van der Waals surface area contributed by atoms with Gasteiger partial charge in [-0.15, -0.1) is 0 Å². The number of benzene rings is 2. The van der Waals surface area contributed by atoms with Crippen molar-refractivity contribution in [1.82, 2.24) is 0 Å². The molecule has 0 saturated heterocycles. The number of nitrogens with one attached hydrogen (secondary N) is 1. The first-order valence-corrected chi connectivity index (χ1v) is 6.46. The van der Waals surface area contributed by atoms with Crippen LogP contribution in [0, 0.1) is 18.6 Å². The number of halogens is 2. The van der Waals surface area contributed by atoms with Gasteiger partial charge in [0.1, 0.15) is 4.99 Å². The van der Waals surface area contributed by atoms with E-state index in [9.17, 15) is 13.6 Å². The average molecular weight is 306 g/mol. The van der Waals surface area contributed by atoms with Crippen molar-refractivity contribution in [3.8, 4) is 0 Å². The molecular formula is C15H12F2N2OS. The second-order valence-corrected chi connectivity index (χ2v) is 4.92. The number of hydrogen-bond donors (Lipinski definition) is 2.